The van der Waals surface area contributed by atoms with Crippen molar-refractivity contribution in [1.29, 1.82) is 0 Å². The van der Waals surface area contributed by atoms with E-state index >= 15 is 0 Å². The third-order valence-corrected chi connectivity index (χ3v) is 5.71. The molecule has 0 heterocycles. The molecule has 0 fully saturated rings. The van der Waals surface area contributed by atoms with Gasteiger partial charge in [0.2, 0.25) is 0 Å². The minimum absolute atomic E-state index is 0.0144. The largest absolute Gasteiger partial charge is 0.449 e. The number of aryl methyl sites for hydroxylation is 1. The van der Waals surface area contributed by atoms with E-state index in [1.807, 2.05) is 19.9 Å². The van der Waals surface area contributed by atoms with Gasteiger partial charge in [0.1, 0.15) is 0 Å². The zero-order valence-corrected chi connectivity index (χ0v) is 18.0. The number of anilines is 1. The molecule has 2 rings (SSSR count). The van der Waals surface area contributed by atoms with Crippen LogP contribution in [0.15, 0.2) is 47.4 Å². The number of sulfonamides is 1. The third-order valence-electron chi connectivity index (χ3n) is 4.33. The number of hydrogen-bond donors (Lipinski definition) is 2. The van der Waals surface area contributed by atoms with Crippen LogP contribution in [0.25, 0.3) is 0 Å². The summed E-state index contributed by atoms with van der Waals surface area (Å²) in [6, 6.07) is 10.6. The molecular formula is C21H26N2O5S. The molecule has 0 saturated carbocycles. The lowest BCUT2D eigenvalue weighted by Gasteiger charge is -2.15. The first-order valence-electron chi connectivity index (χ1n) is 9.21. The lowest BCUT2D eigenvalue weighted by molar-refractivity contribution is -0.129. The van der Waals surface area contributed by atoms with Gasteiger partial charge < -0.3 is 10.1 Å². The van der Waals surface area contributed by atoms with E-state index in [1.54, 1.807) is 26.0 Å². The summed E-state index contributed by atoms with van der Waals surface area (Å²) in [6.45, 7) is 8.82. The smallest absolute Gasteiger partial charge is 0.338 e. The van der Waals surface area contributed by atoms with E-state index in [1.165, 1.54) is 31.2 Å². The molecule has 0 spiro atoms. The first-order valence-corrected chi connectivity index (χ1v) is 10.7. The Morgan fingerprint density at radius 1 is 0.966 bits per heavy atom. The number of ether oxygens (including phenoxy) is 1. The van der Waals surface area contributed by atoms with Gasteiger partial charge in [-0.05, 0) is 76.1 Å². The van der Waals surface area contributed by atoms with Crippen LogP contribution in [0, 0.1) is 13.8 Å². The fourth-order valence-electron chi connectivity index (χ4n) is 2.52. The number of esters is 1. The monoisotopic (exact) mass is 418 g/mol. The maximum Gasteiger partial charge on any atom is 0.338 e. The molecule has 156 valence electrons. The summed E-state index contributed by atoms with van der Waals surface area (Å²) in [5.74, 6) is -1.10. The second-order valence-corrected chi connectivity index (χ2v) is 8.77. The number of carbonyl (C=O) groups is 2. The summed E-state index contributed by atoms with van der Waals surface area (Å²) >= 11 is 0. The van der Waals surface area contributed by atoms with Crippen molar-refractivity contribution < 1.29 is 22.7 Å². The van der Waals surface area contributed by atoms with Crippen LogP contribution in [0.1, 0.15) is 42.3 Å². The fraction of sp³-hybridized carbons (Fsp3) is 0.333. The number of carbonyl (C=O) groups excluding carboxylic acids is 2. The van der Waals surface area contributed by atoms with Gasteiger partial charge in [0, 0.05) is 6.04 Å². The number of benzene rings is 2. The van der Waals surface area contributed by atoms with Crippen LogP contribution >= 0.6 is 0 Å². The standard InChI is InChI=1S/C21H26N2O5S/c1-13(2)22-20(24)16(5)28-21(25)17-9-11-18(12-10-17)29(26,27)23-19-8-6-7-14(3)15(19)4/h6-13,16,23H,1-5H3,(H,22,24)/t16-/m1/s1. The van der Waals surface area contributed by atoms with Gasteiger partial charge in [-0.1, -0.05) is 12.1 Å². The van der Waals surface area contributed by atoms with Gasteiger partial charge in [0.25, 0.3) is 15.9 Å². The van der Waals surface area contributed by atoms with Crippen molar-refractivity contribution in [2.24, 2.45) is 0 Å². The van der Waals surface area contributed by atoms with Crippen LogP contribution in [-0.4, -0.2) is 32.4 Å². The van der Waals surface area contributed by atoms with Crippen molar-refractivity contribution in [3.05, 3.63) is 59.2 Å². The Morgan fingerprint density at radius 2 is 1.59 bits per heavy atom. The zero-order chi connectivity index (χ0) is 21.8. The molecule has 29 heavy (non-hydrogen) atoms. The van der Waals surface area contributed by atoms with E-state index < -0.39 is 28.0 Å². The Labute approximate surface area is 171 Å². The van der Waals surface area contributed by atoms with Crippen LogP contribution in [-0.2, 0) is 19.6 Å². The van der Waals surface area contributed by atoms with Crippen molar-refractivity contribution in [2.75, 3.05) is 4.72 Å². The predicted octanol–water partition coefficient (Wildman–Crippen LogP) is 3.17. The lowest BCUT2D eigenvalue weighted by atomic mass is 10.1. The van der Waals surface area contributed by atoms with Crippen molar-refractivity contribution >= 4 is 27.6 Å². The summed E-state index contributed by atoms with van der Waals surface area (Å²) in [6.07, 6.45) is -0.959. The predicted molar refractivity (Wildman–Crippen MR) is 111 cm³/mol. The second kappa shape index (κ2) is 9.09. The van der Waals surface area contributed by atoms with E-state index in [9.17, 15) is 18.0 Å². The maximum atomic E-state index is 12.6. The van der Waals surface area contributed by atoms with Crippen LogP contribution in [0.5, 0.6) is 0 Å². The topological polar surface area (TPSA) is 102 Å². The van der Waals surface area contributed by atoms with E-state index in [0.29, 0.717) is 5.69 Å². The highest BCUT2D eigenvalue weighted by atomic mass is 32.2. The summed E-state index contributed by atoms with van der Waals surface area (Å²) in [5.41, 5.74) is 2.46. The average molecular weight is 419 g/mol. The molecule has 0 saturated heterocycles. The number of rotatable bonds is 7. The normalized spacial score (nSPS) is 12.3. The second-order valence-electron chi connectivity index (χ2n) is 7.09. The van der Waals surface area contributed by atoms with Crippen LogP contribution < -0.4 is 10.0 Å². The van der Waals surface area contributed by atoms with Crippen molar-refractivity contribution in [1.82, 2.24) is 5.32 Å². The van der Waals surface area contributed by atoms with Gasteiger partial charge in [-0.15, -0.1) is 0 Å². The lowest BCUT2D eigenvalue weighted by Crippen LogP contribution is -2.39. The van der Waals surface area contributed by atoms with E-state index in [2.05, 4.69) is 10.0 Å². The molecular weight excluding hydrogens is 392 g/mol. The van der Waals surface area contributed by atoms with Gasteiger partial charge in [-0.25, -0.2) is 13.2 Å². The molecule has 2 N–H and O–H groups in total. The zero-order valence-electron chi connectivity index (χ0n) is 17.1. The summed E-state index contributed by atoms with van der Waals surface area (Å²) in [4.78, 5) is 24.1. The minimum Gasteiger partial charge on any atom is -0.449 e. The molecule has 0 unspecified atom stereocenters. The molecule has 2 aromatic rings. The molecule has 2 aromatic carbocycles. The van der Waals surface area contributed by atoms with Gasteiger partial charge in [-0.2, -0.15) is 0 Å². The molecule has 1 amide bonds. The molecule has 0 aromatic heterocycles. The Balaban J connectivity index is 2.11. The Morgan fingerprint density at radius 3 is 2.17 bits per heavy atom. The molecule has 0 bridgehead atoms. The Hall–Kier alpha value is -2.87. The fourth-order valence-corrected chi connectivity index (χ4v) is 3.64. The van der Waals surface area contributed by atoms with Crippen LogP contribution in [0.3, 0.4) is 0 Å². The number of amides is 1. The van der Waals surface area contributed by atoms with Gasteiger partial charge in [-0.3, -0.25) is 9.52 Å². The van der Waals surface area contributed by atoms with E-state index in [-0.39, 0.29) is 16.5 Å². The minimum atomic E-state index is -3.81. The molecule has 0 aliphatic carbocycles. The quantitative estimate of drug-likeness (QED) is 0.673. The van der Waals surface area contributed by atoms with E-state index in [4.69, 9.17) is 4.74 Å². The summed E-state index contributed by atoms with van der Waals surface area (Å²) in [5, 5.41) is 2.66. The first kappa shape index (κ1) is 22.4. The average Bonchev–Trinajstić information content (AvgIpc) is 2.64. The third kappa shape index (κ3) is 5.80. The Bertz CT molecular complexity index is 998. The van der Waals surface area contributed by atoms with Crippen LogP contribution in [0.2, 0.25) is 0 Å². The van der Waals surface area contributed by atoms with Gasteiger partial charge >= 0.3 is 5.97 Å². The molecule has 0 aliphatic heterocycles. The van der Waals surface area contributed by atoms with Crippen molar-refractivity contribution in [3.8, 4) is 0 Å². The maximum absolute atomic E-state index is 12.6. The Kier molecular flexibility index (Phi) is 7.02. The van der Waals surface area contributed by atoms with Gasteiger partial charge in [0.05, 0.1) is 16.1 Å². The molecule has 0 aliphatic rings. The van der Waals surface area contributed by atoms with Crippen LogP contribution in [0.4, 0.5) is 5.69 Å². The van der Waals surface area contributed by atoms with E-state index in [0.717, 1.165) is 11.1 Å². The van der Waals surface area contributed by atoms with Crippen molar-refractivity contribution in [3.63, 3.8) is 0 Å². The molecule has 7 nitrogen and oxygen atoms in total. The molecule has 0 radical (unpaired) electrons. The summed E-state index contributed by atoms with van der Waals surface area (Å²) < 4.78 is 33.0. The summed E-state index contributed by atoms with van der Waals surface area (Å²) in [7, 11) is -3.81. The highest BCUT2D eigenvalue weighted by Crippen LogP contribution is 2.22. The number of nitrogens with one attached hydrogen (secondary N) is 2. The highest BCUT2D eigenvalue weighted by Gasteiger charge is 2.21. The van der Waals surface area contributed by atoms with Crippen molar-refractivity contribution in [2.45, 2.75) is 51.7 Å². The van der Waals surface area contributed by atoms with Gasteiger partial charge in [0.15, 0.2) is 6.10 Å². The highest BCUT2D eigenvalue weighted by molar-refractivity contribution is 7.92. The molecule has 1 atom stereocenters. The first-order chi connectivity index (χ1) is 13.5. The molecule has 8 heteroatoms. The number of hydrogen-bond acceptors (Lipinski definition) is 5. The SMILES string of the molecule is Cc1cccc(NS(=O)(=O)c2ccc(C(=O)O[C@H](C)C(=O)NC(C)C)cc2)c1C.